The average Bonchev–Trinajstić information content (AvgIpc) is 3.25. The van der Waals surface area contributed by atoms with Gasteiger partial charge in [0.1, 0.15) is 6.04 Å². The van der Waals surface area contributed by atoms with Crippen molar-refractivity contribution in [1.29, 1.82) is 0 Å². The number of rotatable bonds is 5. The summed E-state index contributed by atoms with van der Waals surface area (Å²) >= 11 is 0. The zero-order valence-corrected chi connectivity index (χ0v) is 15.1. The molecule has 3 rings (SSSR count). The van der Waals surface area contributed by atoms with Crippen LogP contribution in [0.15, 0.2) is 42.7 Å². The second-order valence-electron chi connectivity index (χ2n) is 7.06. The number of aromatic nitrogens is 2. The van der Waals surface area contributed by atoms with Gasteiger partial charge in [0.25, 0.3) is 0 Å². The molecule has 2 unspecified atom stereocenters. The van der Waals surface area contributed by atoms with Crippen molar-refractivity contribution in [2.75, 3.05) is 6.54 Å². The monoisotopic (exact) mass is 339 g/mol. The lowest BCUT2D eigenvalue weighted by atomic mass is 10.0. The molecule has 25 heavy (non-hydrogen) atoms. The van der Waals surface area contributed by atoms with E-state index in [-0.39, 0.29) is 23.7 Å². The van der Waals surface area contributed by atoms with Gasteiger partial charge in [-0.3, -0.25) is 14.3 Å². The normalized spacial score (nSPS) is 18.6. The van der Waals surface area contributed by atoms with Crippen molar-refractivity contribution >= 4 is 11.7 Å². The van der Waals surface area contributed by atoms with Gasteiger partial charge in [0.05, 0.1) is 12.2 Å². The maximum Gasteiger partial charge on any atom is 0.248 e. The molecule has 1 aliphatic rings. The number of hydrogen-bond acceptors (Lipinski definition) is 3. The van der Waals surface area contributed by atoms with Gasteiger partial charge in [-0.25, -0.2) is 0 Å². The number of hydrogen-bond donors (Lipinski definition) is 0. The summed E-state index contributed by atoms with van der Waals surface area (Å²) in [7, 11) is 0. The Bertz CT molecular complexity index is 751. The summed E-state index contributed by atoms with van der Waals surface area (Å²) < 4.78 is 1.75. The summed E-state index contributed by atoms with van der Waals surface area (Å²) in [5.41, 5.74) is 2.06. The third-order valence-electron chi connectivity index (χ3n) is 4.88. The largest absolute Gasteiger partial charge is 0.331 e. The topological polar surface area (TPSA) is 55.2 Å². The van der Waals surface area contributed by atoms with E-state index >= 15 is 0 Å². The van der Waals surface area contributed by atoms with Crippen LogP contribution in [-0.2, 0) is 9.59 Å². The van der Waals surface area contributed by atoms with E-state index in [0.29, 0.717) is 6.54 Å². The third kappa shape index (κ3) is 3.50. The van der Waals surface area contributed by atoms with E-state index in [1.165, 1.54) is 0 Å². The number of carbonyl (C=O) groups is 2. The molecule has 1 aromatic carbocycles. The lowest BCUT2D eigenvalue weighted by Crippen LogP contribution is -2.44. The second kappa shape index (κ2) is 7.21. The van der Waals surface area contributed by atoms with Crippen molar-refractivity contribution < 1.29 is 9.59 Å². The van der Waals surface area contributed by atoms with E-state index in [1.54, 1.807) is 22.7 Å². The molecule has 1 amide bonds. The quantitative estimate of drug-likeness (QED) is 0.839. The smallest absolute Gasteiger partial charge is 0.248 e. The SMILES string of the molecule is CC(=O)C1CCCN1C(=O)C(C(C)C)n1cc(-c2ccccc2)cn1. The van der Waals surface area contributed by atoms with Crippen molar-refractivity contribution in [3.8, 4) is 11.1 Å². The average molecular weight is 339 g/mol. The van der Waals surface area contributed by atoms with Crippen molar-refractivity contribution in [1.82, 2.24) is 14.7 Å². The number of benzene rings is 1. The number of amides is 1. The minimum atomic E-state index is -0.391. The first-order valence-corrected chi connectivity index (χ1v) is 8.89. The molecule has 0 spiro atoms. The Labute approximate surface area is 148 Å². The highest BCUT2D eigenvalue weighted by Crippen LogP contribution is 2.28. The van der Waals surface area contributed by atoms with E-state index in [0.717, 1.165) is 24.0 Å². The second-order valence-corrected chi connectivity index (χ2v) is 7.06. The first-order chi connectivity index (χ1) is 12.0. The van der Waals surface area contributed by atoms with Crippen molar-refractivity contribution in [3.05, 3.63) is 42.7 Å². The predicted octanol–water partition coefficient (Wildman–Crippen LogP) is 3.33. The van der Waals surface area contributed by atoms with E-state index in [9.17, 15) is 9.59 Å². The summed E-state index contributed by atoms with van der Waals surface area (Å²) in [6.45, 7) is 6.26. The van der Waals surface area contributed by atoms with E-state index < -0.39 is 6.04 Å². The molecule has 5 nitrogen and oxygen atoms in total. The zero-order chi connectivity index (χ0) is 18.0. The summed E-state index contributed by atoms with van der Waals surface area (Å²) in [5.74, 6) is 0.151. The number of likely N-dealkylation sites (tertiary alicyclic amines) is 1. The summed E-state index contributed by atoms with van der Waals surface area (Å²) in [5, 5.41) is 4.46. The summed E-state index contributed by atoms with van der Waals surface area (Å²) in [6, 6.07) is 9.33. The van der Waals surface area contributed by atoms with Crippen LogP contribution < -0.4 is 0 Å². The van der Waals surface area contributed by atoms with Crippen LogP contribution in [0.3, 0.4) is 0 Å². The van der Waals surface area contributed by atoms with Crippen LogP contribution in [0, 0.1) is 5.92 Å². The maximum absolute atomic E-state index is 13.2. The molecule has 1 saturated heterocycles. The molecule has 1 aromatic heterocycles. The molecule has 1 fully saturated rings. The fraction of sp³-hybridized carbons (Fsp3) is 0.450. The summed E-state index contributed by atoms with van der Waals surface area (Å²) in [4.78, 5) is 26.8. The Hall–Kier alpha value is -2.43. The van der Waals surface area contributed by atoms with Crippen LogP contribution in [0.1, 0.15) is 39.7 Å². The van der Waals surface area contributed by atoms with Crippen LogP contribution in [0.4, 0.5) is 0 Å². The number of ketones is 1. The minimum Gasteiger partial charge on any atom is -0.331 e. The molecule has 2 aromatic rings. The first-order valence-electron chi connectivity index (χ1n) is 8.89. The third-order valence-corrected chi connectivity index (χ3v) is 4.88. The van der Waals surface area contributed by atoms with Crippen LogP contribution in [-0.4, -0.2) is 39.0 Å². The fourth-order valence-electron chi connectivity index (χ4n) is 3.60. The molecule has 0 aliphatic carbocycles. The van der Waals surface area contributed by atoms with Gasteiger partial charge in [-0.2, -0.15) is 5.10 Å². The Morgan fingerprint density at radius 3 is 2.52 bits per heavy atom. The molecule has 2 heterocycles. The molecule has 0 radical (unpaired) electrons. The molecule has 132 valence electrons. The Morgan fingerprint density at radius 1 is 1.16 bits per heavy atom. The Balaban J connectivity index is 1.88. The van der Waals surface area contributed by atoms with Gasteiger partial charge in [0, 0.05) is 18.3 Å². The van der Waals surface area contributed by atoms with Gasteiger partial charge in [-0.1, -0.05) is 44.2 Å². The molecule has 2 atom stereocenters. The zero-order valence-electron chi connectivity index (χ0n) is 15.1. The highest BCUT2D eigenvalue weighted by atomic mass is 16.2. The number of nitrogens with zero attached hydrogens (tertiary/aromatic N) is 3. The van der Waals surface area contributed by atoms with E-state index in [4.69, 9.17) is 0 Å². The van der Waals surface area contributed by atoms with Crippen LogP contribution in [0.25, 0.3) is 11.1 Å². The molecule has 0 N–H and O–H groups in total. The summed E-state index contributed by atoms with van der Waals surface area (Å²) in [6.07, 6.45) is 5.37. The van der Waals surface area contributed by atoms with Crippen LogP contribution in [0.5, 0.6) is 0 Å². The van der Waals surface area contributed by atoms with Crippen LogP contribution in [0.2, 0.25) is 0 Å². The highest BCUT2D eigenvalue weighted by Gasteiger charge is 2.37. The Morgan fingerprint density at radius 2 is 1.88 bits per heavy atom. The van der Waals surface area contributed by atoms with Crippen molar-refractivity contribution in [2.45, 2.75) is 45.7 Å². The van der Waals surface area contributed by atoms with Gasteiger partial charge in [0.15, 0.2) is 5.78 Å². The minimum absolute atomic E-state index is 0.00425. The fourth-order valence-corrected chi connectivity index (χ4v) is 3.60. The molecular weight excluding hydrogens is 314 g/mol. The number of Topliss-reactive ketones (excluding diaryl/α,β-unsaturated/α-hetero) is 1. The molecule has 0 bridgehead atoms. The van der Waals surface area contributed by atoms with Crippen molar-refractivity contribution in [3.63, 3.8) is 0 Å². The van der Waals surface area contributed by atoms with Crippen molar-refractivity contribution in [2.24, 2.45) is 5.92 Å². The molecule has 1 aliphatic heterocycles. The molecule has 0 saturated carbocycles. The van der Waals surface area contributed by atoms with Gasteiger partial charge < -0.3 is 4.90 Å². The molecular formula is C20H25N3O2. The van der Waals surface area contributed by atoms with Gasteiger partial charge >= 0.3 is 0 Å². The molecule has 5 heteroatoms. The highest BCUT2D eigenvalue weighted by molar-refractivity contribution is 5.89. The van der Waals surface area contributed by atoms with E-state index in [2.05, 4.69) is 5.10 Å². The Kier molecular flexibility index (Phi) is 5.02. The predicted molar refractivity (Wildman–Crippen MR) is 97.0 cm³/mol. The van der Waals surface area contributed by atoms with Gasteiger partial charge in [-0.05, 0) is 31.2 Å². The van der Waals surface area contributed by atoms with E-state index in [1.807, 2.05) is 50.4 Å². The first kappa shape index (κ1) is 17.4. The maximum atomic E-state index is 13.2. The standard InChI is InChI=1S/C20H25N3O2/c1-14(2)19(20(25)22-11-7-10-18(22)15(3)24)23-13-17(12-21-23)16-8-5-4-6-9-16/h4-6,8-9,12-14,18-19H,7,10-11H2,1-3H3. The van der Waals surface area contributed by atoms with Crippen LogP contribution >= 0.6 is 0 Å². The number of carbonyl (C=O) groups excluding carboxylic acids is 2. The van der Waals surface area contributed by atoms with Gasteiger partial charge in [-0.15, -0.1) is 0 Å². The lowest BCUT2D eigenvalue weighted by Gasteiger charge is -2.29. The van der Waals surface area contributed by atoms with Gasteiger partial charge in [0.2, 0.25) is 5.91 Å². The lowest BCUT2D eigenvalue weighted by molar-refractivity contribution is -0.141.